The molecular weight excluding hydrogens is 260 g/mol. The van der Waals surface area contributed by atoms with E-state index in [2.05, 4.69) is 9.05 Å². The highest BCUT2D eigenvalue weighted by Gasteiger charge is 2.64. The molecule has 10 heteroatoms. The molecule has 0 heterocycles. The second-order valence-electron chi connectivity index (χ2n) is 2.88. The van der Waals surface area contributed by atoms with Crippen LogP contribution in [0, 0.1) is 0 Å². The van der Waals surface area contributed by atoms with E-state index < -0.39 is 27.5 Å². The topological polar surface area (TPSA) is 139 Å². The van der Waals surface area contributed by atoms with Crippen LogP contribution in [-0.2, 0) is 18.2 Å². The van der Waals surface area contributed by atoms with Gasteiger partial charge in [-0.15, -0.1) is 4.52 Å². The normalized spacial score (nSPS) is 19.9. The van der Waals surface area contributed by atoms with Gasteiger partial charge in [-0.1, -0.05) is 0 Å². The smallest absolute Gasteiger partial charge is 0.367 e. The van der Waals surface area contributed by atoms with Crippen molar-refractivity contribution in [1.29, 1.82) is 0 Å². The van der Waals surface area contributed by atoms with Gasteiger partial charge < -0.3 is 25.4 Å². The van der Waals surface area contributed by atoms with Gasteiger partial charge in [-0.2, -0.15) is 0 Å². The Bertz CT molecular complexity index is 286. The fourth-order valence-corrected chi connectivity index (χ4v) is 3.61. The highest BCUT2D eigenvalue weighted by Crippen LogP contribution is 2.66. The van der Waals surface area contributed by atoms with Crippen LogP contribution in [-0.4, -0.2) is 40.6 Å². The van der Waals surface area contributed by atoms with E-state index in [-0.39, 0.29) is 19.4 Å². The molecule has 0 radical (unpaired) electrons. The summed E-state index contributed by atoms with van der Waals surface area (Å²) >= 11 is 0. The first-order valence-corrected chi connectivity index (χ1v) is 7.13. The van der Waals surface area contributed by atoms with Crippen molar-refractivity contribution in [3.63, 3.8) is 0 Å². The zero-order chi connectivity index (χ0) is 12.8. The van der Waals surface area contributed by atoms with Crippen LogP contribution < -0.4 is 5.73 Å². The van der Waals surface area contributed by atoms with Gasteiger partial charge in [0, 0.05) is 13.5 Å². The van der Waals surface area contributed by atoms with E-state index in [9.17, 15) is 19.1 Å². The minimum Gasteiger partial charge on any atom is -0.367 e. The van der Waals surface area contributed by atoms with Crippen molar-refractivity contribution in [2.75, 3.05) is 20.4 Å². The lowest BCUT2D eigenvalue weighted by atomic mass is 10.3. The second-order valence-corrected chi connectivity index (χ2v) is 6.90. The van der Waals surface area contributed by atoms with Gasteiger partial charge in [0.25, 0.3) is 0 Å². The third-order valence-electron chi connectivity index (χ3n) is 1.88. The lowest BCUT2D eigenvalue weighted by Crippen LogP contribution is -2.27. The summed E-state index contributed by atoms with van der Waals surface area (Å²) in [6.07, 6.45) is -0.180. The molecule has 0 aromatic carbocycles. The molecule has 3 atom stereocenters. The van der Waals surface area contributed by atoms with Crippen molar-refractivity contribution in [3.8, 4) is 0 Å². The Labute approximate surface area is 93.8 Å². The average Bonchev–Trinajstić information content (AvgIpc) is 2.25. The lowest BCUT2D eigenvalue weighted by Gasteiger charge is -2.19. The summed E-state index contributed by atoms with van der Waals surface area (Å²) in [6, 6.07) is 0. The van der Waals surface area contributed by atoms with Gasteiger partial charge in [-0.25, -0.2) is 0 Å². The third kappa shape index (κ3) is 3.55. The predicted molar refractivity (Wildman–Crippen MR) is 55.8 cm³/mol. The fourth-order valence-electron chi connectivity index (χ4n) is 0.977. The first kappa shape index (κ1) is 16.1. The van der Waals surface area contributed by atoms with Gasteiger partial charge in [0.1, 0.15) is 0 Å². The molecule has 0 bridgehead atoms. The molecule has 0 amide bonds. The Morgan fingerprint density at radius 1 is 1.56 bits per heavy atom. The Hall–Kier alpha value is 0.0900. The second kappa shape index (κ2) is 6.74. The number of aliphatic hydroxyl groups excluding tert-OH is 1. The number of nitrogens with two attached hydrogens (primary N) is 1. The van der Waals surface area contributed by atoms with Crippen LogP contribution >= 0.6 is 15.6 Å². The summed E-state index contributed by atoms with van der Waals surface area (Å²) in [5, 5.41) is 15.7. The van der Waals surface area contributed by atoms with Crippen LogP contribution in [0.5, 0.6) is 0 Å². The highest BCUT2D eigenvalue weighted by atomic mass is 31.2. The van der Waals surface area contributed by atoms with Crippen LogP contribution in [0.2, 0.25) is 0 Å². The van der Waals surface area contributed by atoms with Crippen molar-refractivity contribution in [3.05, 3.63) is 0 Å². The number of aliphatic hydroxyl groups is 2. The molecule has 0 spiro atoms. The molecule has 16 heavy (non-hydrogen) atoms. The van der Waals surface area contributed by atoms with Gasteiger partial charge in [0.05, 0.1) is 0 Å². The Kier molecular flexibility index (Phi) is 6.77. The summed E-state index contributed by atoms with van der Waals surface area (Å²) < 4.78 is 31.5. The van der Waals surface area contributed by atoms with E-state index >= 15 is 0 Å². The van der Waals surface area contributed by atoms with Gasteiger partial charge >= 0.3 is 20.7 Å². The van der Waals surface area contributed by atoms with E-state index in [1.807, 2.05) is 0 Å². The summed E-state index contributed by atoms with van der Waals surface area (Å²) in [7, 11) is -6.60. The molecule has 8 nitrogen and oxygen atoms in total. The molecule has 0 aliphatic rings. The van der Waals surface area contributed by atoms with Crippen LogP contribution in [0.3, 0.4) is 0 Å². The summed E-state index contributed by atoms with van der Waals surface area (Å²) in [4.78, 5) is 9.36. The van der Waals surface area contributed by atoms with Crippen LogP contribution in [0.25, 0.3) is 0 Å². The largest absolute Gasteiger partial charge is 0.559 e. The maximum Gasteiger partial charge on any atom is 0.559 e. The van der Waals surface area contributed by atoms with Crippen LogP contribution in [0.1, 0.15) is 12.8 Å². The van der Waals surface area contributed by atoms with Gasteiger partial charge in [0.15, 0.2) is 6.79 Å². The van der Waals surface area contributed by atoms with Gasteiger partial charge in [0.2, 0.25) is 0 Å². The molecule has 0 saturated carbocycles. The maximum absolute atomic E-state index is 11.5. The van der Waals surface area contributed by atoms with Crippen molar-refractivity contribution < 1.29 is 33.3 Å². The maximum atomic E-state index is 11.5. The monoisotopic (exact) mass is 276 g/mol. The van der Waals surface area contributed by atoms with E-state index in [1.165, 1.54) is 0 Å². The molecular formula is C6H16NO7P2+. The summed E-state index contributed by atoms with van der Waals surface area (Å²) in [6.45, 7) is -0.807. The molecule has 96 valence electrons. The van der Waals surface area contributed by atoms with Crippen molar-refractivity contribution in [2.45, 2.75) is 17.9 Å². The van der Waals surface area contributed by atoms with E-state index in [1.54, 1.807) is 0 Å². The van der Waals surface area contributed by atoms with Gasteiger partial charge in [-0.05, 0) is 17.5 Å². The standard InChI is InChI=1S/C6H15NO7P2/c1-13-16(11,12)6(9,3-2-4-7)15(10)14-5-8/h8-9H,2-5,7H2,1H3/p+1. The molecule has 5 N–H and O–H groups in total. The fraction of sp³-hybridized carbons (Fsp3) is 1.00. The number of hydrogen-bond donors (Lipinski definition) is 4. The van der Waals surface area contributed by atoms with Crippen molar-refractivity contribution >= 4 is 15.6 Å². The Balaban J connectivity index is 5.02. The minimum atomic E-state index is -4.53. The first-order valence-electron chi connectivity index (χ1n) is 4.38. The minimum absolute atomic E-state index is 0.133. The quantitative estimate of drug-likeness (QED) is 0.356. The van der Waals surface area contributed by atoms with E-state index in [0.717, 1.165) is 7.11 Å². The third-order valence-corrected chi connectivity index (χ3v) is 5.91. The first-order chi connectivity index (χ1) is 7.35. The molecule has 0 rings (SSSR count). The SMILES string of the molecule is COP(=O)(O)C(O)(CCCN)[P+](=O)OCO. The summed E-state index contributed by atoms with van der Waals surface area (Å²) in [5.74, 6) is 0. The lowest BCUT2D eigenvalue weighted by molar-refractivity contribution is 0.0790. The molecule has 0 fully saturated rings. The van der Waals surface area contributed by atoms with Gasteiger partial charge in [-0.3, -0.25) is 4.57 Å². The average molecular weight is 276 g/mol. The van der Waals surface area contributed by atoms with Crippen molar-refractivity contribution in [1.82, 2.24) is 0 Å². The molecule has 0 aromatic rings. The van der Waals surface area contributed by atoms with E-state index in [0.29, 0.717) is 0 Å². The highest BCUT2D eigenvalue weighted by molar-refractivity contribution is 7.67. The molecule has 0 saturated heterocycles. The zero-order valence-electron chi connectivity index (χ0n) is 8.77. The molecule has 0 aromatic heterocycles. The van der Waals surface area contributed by atoms with Crippen molar-refractivity contribution in [2.24, 2.45) is 5.73 Å². The number of rotatable bonds is 8. The zero-order valence-corrected chi connectivity index (χ0v) is 10.6. The predicted octanol–water partition coefficient (Wildman–Crippen LogP) is -0.0880. The number of hydrogen-bond acceptors (Lipinski definition) is 7. The molecule has 0 aliphatic carbocycles. The molecule has 0 aliphatic heterocycles. The van der Waals surface area contributed by atoms with Crippen LogP contribution in [0.15, 0.2) is 0 Å². The Morgan fingerprint density at radius 2 is 2.12 bits per heavy atom. The Morgan fingerprint density at radius 3 is 2.50 bits per heavy atom. The summed E-state index contributed by atoms with van der Waals surface area (Å²) in [5.41, 5.74) is 5.19. The van der Waals surface area contributed by atoms with E-state index in [4.69, 9.17) is 10.8 Å². The molecule has 3 unspecified atom stereocenters. The van der Waals surface area contributed by atoms with Crippen LogP contribution in [0.4, 0.5) is 0 Å².